The van der Waals surface area contributed by atoms with Gasteiger partial charge >= 0.3 is 6.03 Å². The van der Waals surface area contributed by atoms with Crippen molar-refractivity contribution in [2.45, 2.75) is 49.9 Å². The third-order valence-corrected chi connectivity index (χ3v) is 7.96. The maximum atomic E-state index is 15.1. The molecule has 208 valence electrons. The molecule has 0 aromatic heterocycles. The normalized spacial score (nSPS) is 22.7. The molecule has 2 aliphatic heterocycles. The number of likely N-dealkylation sites (tertiary alicyclic amines) is 1. The number of carbonyl (C=O) groups excluding carboxylic acids is 3. The molecule has 2 N–H and O–H groups in total. The van der Waals surface area contributed by atoms with Gasteiger partial charge in [-0.3, -0.25) is 9.59 Å². The largest absolute Gasteiger partial charge is 0.378 e. The van der Waals surface area contributed by atoms with Gasteiger partial charge in [-0.15, -0.1) is 0 Å². The van der Waals surface area contributed by atoms with Crippen molar-refractivity contribution in [1.29, 1.82) is 0 Å². The summed E-state index contributed by atoms with van der Waals surface area (Å²) in [5.74, 6) is -1.39. The van der Waals surface area contributed by atoms with Crippen LogP contribution >= 0.6 is 0 Å². The Morgan fingerprint density at radius 1 is 1.08 bits per heavy atom. The van der Waals surface area contributed by atoms with Crippen molar-refractivity contribution >= 4 is 17.8 Å². The van der Waals surface area contributed by atoms with Crippen molar-refractivity contribution in [2.75, 3.05) is 39.4 Å². The van der Waals surface area contributed by atoms with E-state index in [4.69, 9.17) is 4.74 Å². The van der Waals surface area contributed by atoms with Crippen LogP contribution in [-0.4, -0.2) is 79.3 Å². The van der Waals surface area contributed by atoms with Crippen LogP contribution in [0.1, 0.15) is 48.9 Å². The van der Waals surface area contributed by atoms with Crippen molar-refractivity contribution in [2.24, 2.45) is 0 Å². The first kappa shape index (κ1) is 27.1. The lowest BCUT2D eigenvalue weighted by Crippen LogP contribution is -2.52. The first-order valence-electron chi connectivity index (χ1n) is 13.4. The Labute approximate surface area is 226 Å². The number of ether oxygens (including phenoxy) is 1. The Bertz CT molecular complexity index is 1220. The van der Waals surface area contributed by atoms with Gasteiger partial charge in [0.05, 0.1) is 32.3 Å². The van der Waals surface area contributed by atoms with Gasteiger partial charge in [-0.1, -0.05) is 49.4 Å². The van der Waals surface area contributed by atoms with Gasteiger partial charge in [0.15, 0.2) is 0 Å². The van der Waals surface area contributed by atoms with Gasteiger partial charge in [0.2, 0.25) is 11.8 Å². The van der Waals surface area contributed by atoms with Gasteiger partial charge in [-0.25, -0.2) is 13.6 Å². The van der Waals surface area contributed by atoms with Crippen LogP contribution in [0, 0.1) is 5.82 Å². The highest BCUT2D eigenvalue weighted by molar-refractivity contribution is 5.91. The van der Waals surface area contributed by atoms with Gasteiger partial charge < -0.3 is 25.2 Å². The lowest BCUT2D eigenvalue weighted by molar-refractivity contribution is -0.137. The van der Waals surface area contributed by atoms with E-state index < -0.39 is 36.1 Å². The molecule has 1 saturated carbocycles. The van der Waals surface area contributed by atoms with Gasteiger partial charge in [0.25, 0.3) is 0 Å². The van der Waals surface area contributed by atoms with E-state index in [-0.39, 0.29) is 30.7 Å². The summed E-state index contributed by atoms with van der Waals surface area (Å²) >= 11 is 0. The molecular formula is C29H34F2N4O4. The molecule has 39 heavy (non-hydrogen) atoms. The number of rotatable bonds is 7. The summed E-state index contributed by atoms with van der Waals surface area (Å²) in [5.41, 5.74) is 1.81. The monoisotopic (exact) mass is 540 g/mol. The van der Waals surface area contributed by atoms with E-state index in [1.54, 1.807) is 11.0 Å². The Hall–Kier alpha value is -3.53. The third-order valence-electron chi connectivity index (χ3n) is 7.96. The Morgan fingerprint density at radius 3 is 2.46 bits per heavy atom. The number of amides is 4. The maximum Gasteiger partial charge on any atom is 0.317 e. The summed E-state index contributed by atoms with van der Waals surface area (Å²) in [4.78, 5) is 41.6. The van der Waals surface area contributed by atoms with Crippen LogP contribution in [0.15, 0.2) is 48.5 Å². The van der Waals surface area contributed by atoms with Gasteiger partial charge in [-0.2, -0.15) is 0 Å². The first-order valence-corrected chi connectivity index (χ1v) is 13.4. The quantitative estimate of drug-likeness (QED) is 0.565. The fraction of sp³-hybridized carbons (Fsp3) is 0.483. The van der Waals surface area contributed by atoms with E-state index in [0.717, 1.165) is 18.4 Å². The number of hydrogen-bond acceptors (Lipinski definition) is 4. The number of urea groups is 1. The topological polar surface area (TPSA) is 91.0 Å². The molecule has 2 saturated heterocycles. The minimum absolute atomic E-state index is 0.147. The highest BCUT2D eigenvalue weighted by Crippen LogP contribution is 2.48. The van der Waals surface area contributed by atoms with Gasteiger partial charge in [-0.05, 0) is 41.0 Å². The highest BCUT2D eigenvalue weighted by Gasteiger charge is 2.42. The average molecular weight is 541 g/mol. The van der Waals surface area contributed by atoms with Crippen LogP contribution in [0.5, 0.6) is 0 Å². The van der Waals surface area contributed by atoms with Gasteiger partial charge in [0, 0.05) is 19.5 Å². The standard InChI is InChI=1S/C29H34F2N4O4/c1-29(9-10-29)22-8-7-20(15-23(22)31)26(19-5-3-2-4-6-19)33-27(37)24-16-21(30)18-35(24)25(36)17-32-28(38)34-11-13-39-14-12-34/h2-8,15,21,24,26H,9-14,16-18H2,1H3,(H,32,38)(H,33,37)/t21-,24+,26+/m1/s1. The molecule has 0 radical (unpaired) electrons. The van der Waals surface area contributed by atoms with E-state index in [9.17, 15) is 18.8 Å². The number of carbonyl (C=O) groups is 3. The molecule has 2 heterocycles. The summed E-state index contributed by atoms with van der Waals surface area (Å²) in [6.45, 7) is 3.14. The van der Waals surface area contributed by atoms with Crippen molar-refractivity contribution in [3.05, 3.63) is 71.0 Å². The molecule has 3 aliphatic rings. The molecule has 0 spiro atoms. The smallest absolute Gasteiger partial charge is 0.317 e. The molecule has 8 nitrogen and oxygen atoms in total. The summed E-state index contributed by atoms with van der Waals surface area (Å²) < 4.78 is 34.9. The Balaban J connectivity index is 1.30. The zero-order valence-corrected chi connectivity index (χ0v) is 22.0. The number of hydrogen-bond donors (Lipinski definition) is 2. The zero-order chi connectivity index (χ0) is 27.6. The van der Waals surface area contributed by atoms with Crippen LogP contribution in [0.3, 0.4) is 0 Å². The predicted octanol–water partition coefficient (Wildman–Crippen LogP) is 3.06. The minimum atomic E-state index is -1.37. The van der Waals surface area contributed by atoms with E-state index in [2.05, 4.69) is 10.6 Å². The number of alkyl halides is 1. The first-order chi connectivity index (χ1) is 18.7. The van der Waals surface area contributed by atoms with E-state index in [1.165, 1.54) is 11.0 Å². The van der Waals surface area contributed by atoms with Crippen molar-refractivity contribution in [1.82, 2.24) is 20.4 Å². The van der Waals surface area contributed by atoms with Gasteiger partial charge in [0.1, 0.15) is 18.0 Å². The molecule has 0 unspecified atom stereocenters. The molecule has 4 amide bonds. The molecule has 2 aromatic rings. The minimum Gasteiger partial charge on any atom is -0.378 e. The summed E-state index contributed by atoms with van der Waals surface area (Å²) in [7, 11) is 0. The predicted molar refractivity (Wildman–Crippen MR) is 140 cm³/mol. The SMILES string of the molecule is CC1(c2ccc([C@@H](NC(=O)[C@@H]3C[C@@H](F)CN3C(=O)CNC(=O)N3CCOCC3)c3ccccc3)cc2F)CC1. The number of benzene rings is 2. The molecule has 3 atom stereocenters. The van der Waals surface area contributed by atoms with Crippen LogP contribution < -0.4 is 10.6 Å². The summed E-state index contributed by atoms with van der Waals surface area (Å²) in [6.07, 6.45) is 0.351. The highest BCUT2D eigenvalue weighted by atomic mass is 19.1. The molecule has 5 rings (SSSR count). The lowest BCUT2D eigenvalue weighted by atomic mass is 9.92. The number of nitrogens with one attached hydrogen (secondary N) is 2. The molecule has 1 aliphatic carbocycles. The fourth-order valence-corrected chi connectivity index (χ4v) is 5.34. The molecular weight excluding hydrogens is 506 g/mol. The third kappa shape index (κ3) is 6.06. The Kier molecular flexibility index (Phi) is 7.83. The van der Waals surface area contributed by atoms with Crippen LogP contribution in [0.25, 0.3) is 0 Å². The fourth-order valence-electron chi connectivity index (χ4n) is 5.34. The molecule has 3 fully saturated rings. The number of nitrogens with zero attached hydrogens (tertiary/aromatic N) is 2. The van der Waals surface area contributed by atoms with Crippen LogP contribution in [0.2, 0.25) is 0 Å². The van der Waals surface area contributed by atoms with E-state index in [1.807, 2.05) is 43.3 Å². The van der Waals surface area contributed by atoms with E-state index in [0.29, 0.717) is 37.4 Å². The molecule has 0 bridgehead atoms. The summed E-state index contributed by atoms with van der Waals surface area (Å²) in [6, 6.07) is 12.1. The van der Waals surface area contributed by atoms with Crippen molar-refractivity contribution in [3.8, 4) is 0 Å². The summed E-state index contributed by atoms with van der Waals surface area (Å²) in [5, 5.41) is 5.51. The second-order valence-corrected chi connectivity index (χ2v) is 10.8. The Morgan fingerprint density at radius 2 is 1.79 bits per heavy atom. The van der Waals surface area contributed by atoms with Crippen LogP contribution in [-0.2, 0) is 19.7 Å². The number of halogens is 2. The number of morpholine rings is 1. The van der Waals surface area contributed by atoms with E-state index >= 15 is 4.39 Å². The zero-order valence-electron chi connectivity index (χ0n) is 22.0. The maximum absolute atomic E-state index is 15.1. The van der Waals surface area contributed by atoms with Crippen molar-refractivity contribution < 1.29 is 27.9 Å². The van der Waals surface area contributed by atoms with Crippen molar-refractivity contribution in [3.63, 3.8) is 0 Å². The molecule has 10 heteroatoms. The van der Waals surface area contributed by atoms with Crippen LogP contribution in [0.4, 0.5) is 13.6 Å². The second kappa shape index (κ2) is 11.3. The second-order valence-electron chi connectivity index (χ2n) is 10.8. The average Bonchev–Trinajstić information content (AvgIpc) is 3.57. The molecule has 2 aromatic carbocycles. The lowest BCUT2D eigenvalue weighted by Gasteiger charge is -2.29.